The minimum absolute atomic E-state index is 0.143. The molecule has 0 amide bonds. The summed E-state index contributed by atoms with van der Waals surface area (Å²) in [7, 11) is 1.50. The summed E-state index contributed by atoms with van der Waals surface area (Å²) in [5.74, 6) is 0.541. The lowest BCUT2D eigenvalue weighted by atomic mass is 10.3. The highest BCUT2D eigenvalue weighted by Crippen LogP contribution is 2.17. The smallest absolute Gasteiger partial charge is 0.322 e. The number of halogens is 1. The molecule has 2 rings (SSSR count). The molecule has 1 atom stereocenters. The normalized spacial score (nSPS) is 21.1. The van der Waals surface area contributed by atoms with Crippen LogP contribution in [0.1, 0.15) is 13.3 Å². The Balaban J connectivity index is 2.22. The number of hydrogen-bond acceptors (Lipinski definition) is 6. The van der Waals surface area contributed by atoms with Gasteiger partial charge in [0.05, 0.1) is 13.2 Å². The Kier molecular flexibility index (Phi) is 3.96. The average Bonchev–Trinajstić information content (AvgIpc) is 2.53. The van der Waals surface area contributed by atoms with E-state index in [4.69, 9.17) is 21.1 Å². The molecule has 0 saturated carbocycles. The number of nitrogens with zero attached hydrogens (tertiary/aromatic N) is 4. The second-order valence-electron chi connectivity index (χ2n) is 3.87. The summed E-state index contributed by atoms with van der Waals surface area (Å²) >= 11 is 5.83. The van der Waals surface area contributed by atoms with Gasteiger partial charge in [0.2, 0.25) is 11.2 Å². The fourth-order valence-corrected chi connectivity index (χ4v) is 1.88. The molecule has 1 aliphatic heterocycles. The molecule has 0 bridgehead atoms. The van der Waals surface area contributed by atoms with Gasteiger partial charge in [-0.1, -0.05) is 0 Å². The Morgan fingerprint density at radius 1 is 1.41 bits per heavy atom. The summed E-state index contributed by atoms with van der Waals surface area (Å²) in [6, 6.07) is 0.234. The van der Waals surface area contributed by atoms with E-state index < -0.39 is 0 Å². The molecule has 1 aromatic rings. The fraction of sp³-hybridized carbons (Fsp3) is 0.700. The lowest BCUT2D eigenvalue weighted by Crippen LogP contribution is -2.31. The highest BCUT2D eigenvalue weighted by Gasteiger charge is 2.19. The zero-order chi connectivity index (χ0) is 12.3. The number of anilines is 1. The van der Waals surface area contributed by atoms with Crippen LogP contribution >= 0.6 is 11.6 Å². The molecule has 0 N–H and O–H groups in total. The Bertz CT molecular complexity index is 391. The second-order valence-corrected chi connectivity index (χ2v) is 4.21. The minimum Gasteiger partial charge on any atom is -0.467 e. The highest BCUT2D eigenvalue weighted by atomic mass is 35.5. The van der Waals surface area contributed by atoms with Crippen LogP contribution in [-0.2, 0) is 4.74 Å². The maximum atomic E-state index is 5.83. The molecule has 1 fully saturated rings. The van der Waals surface area contributed by atoms with Crippen LogP contribution in [0.25, 0.3) is 0 Å². The predicted molar refractivity (Wildman–Crippen MR) is 63.6 cm³/mol. The third-order valence-corrected chi connectivity index (χ3v) is 2.66. The highest BCUT2D eigenvalue weighted by molar-refractivity contribution is 6.28. The molecule has 7 heteroatoms. The third kappa shape index (κ3) is 3.17. The van der Waals surface area contributed by atoms with Crippen molar-refractivity contribution in [2.75, 3.05) is 31.7 Å². The van der Waals surface area contributed by atoms with Gasteiger partial charge in [0.15, 0.2) is 0 Å². The maximum absolute atomic E-state index is 5.83. The summed E-state index contributed by atoms with van der Waals surface area (Å²) in [5, 5.41) is 0.143. The standard InChI is InChI=1S/C10H15ClN4O2/c1-7-6-15(4-3-5-17-7)9-12-8(11)13-10(14-9)16-2/h7H,3-6H2,1-2H3. The van der Waals surface area contributed by atoms with E-state index in [-0.39, 0.29) is 17.4 Å². The van der Waals surface area contributed by atoms with Gasteiger partial charge < -0.3 is 14.4 Å². The van der Waals surface area contributed by atoms with Crippen LogP contribution in [0.4, 0.5) is 5.95 Å². The van der Waals surface area contributed by atoms with Gasteiger partial charge in [0, 0.05) is 19.7 Å². The molecule has 0 aromatic carbocycles. The van der Waals surface area contributed by atoms with Crippen molar-refractivity contribution in [2.24, 2.45) is 0 Å². The molecular weight excluding hydrogens is 244 g/mol. The first-order valence-corrected chi connectivity index (χ1v) is 5.89. The van der Waals surface area contributed by atoms with Crippen LogP contribution in [0.3, 0.4) is 0 Å². The van der Waals surface area contributed by atoms with Crippen LogP contribution in [-0.4, -0.2) is 47.9 Å². The predicted octanol–water partition coefficient (Wildman–Crippen LogP) is 1.15. The number of methoxy groups -OCH3 is 1. The Morgan fingerprint density at radius 3 is 3.00 bits per heavy atom. The van der Waals surface area contributed by atoms with Crippen LogP contribution in [0.5, 0.6) is 6.01 Å². The van der Waals surface area contributed by atoms with Crippen molar-refractivity contribution in [2.45, 2.75) is 19.4 Å². The SMILES string of the molecule is COc1nc(Cl)nc(N2CCCOC(C)C2)n1. The topological polar surface area (TPSA) is 60.4 Å². The first-order valence-electron chi connectivity index (χ1n) is 5.51. The molecule has 1 aliphatic rings. The van der Waals surface area contributed by atoms with E-state index in [9.17, 15) is 0 Å². The van der Waals surface area contributed by atoms with Gasteiger partial charge in [-0.05, 0) is 24.9 Å². The molecular formula is C10H15ClN4O2. The van der Waals surface area contributed by atoms with Crippen molar-refractivity contribution in [3.63, 3.8) is 0 Å². The summed E-state index contributed by atoms with van der Waals surface area (Å²) in [4.78, 5) is 14.2. The maximum Gasteiger partial charge on any atom is 0.322 e. The molecule has 1 aromatic heterocycles. The summed E-state index contributed by atoms with van der Waals surface area (Å²) in [5.41, 5.74) is 0. The molecule has 1 unspecified atom stereocenters. The quantitative estimate of drug-likeness (QED) is 0.793. The van der Waals surface area contributed by atoms with E-state index in [1.807, 2.05) is 11.8 Å². The van der Waals surface area contributed by atoms with Crippen LogP contribution in [0.2, 0.25) is 5.28 Å². The van der Waals surface area contributed by atoms with Gasteiger partial charge in [0.1, 0.15) is 0 Å². The van der Waals surface area contributed by atoms with Gasteiger partial charge in [-0.15, -0.1) is 0 Å². The van der Waals surface area contributed by atoms with E-state index >= 15 is 0 Å². The first kappa shape index (κ1) is 12.3. The van der Waals surface area contributed by atoms with Crippen molar-refractivity contribution in [1.82, 2.24) is 15.0 Å². The Morgan fingerprint density at radius 2 is 2.24 bits per heavy atom. The van der Waals surface area contributed by atoms with Crippen LogP contribution in [0.15, 0.2) is 0 Å². The molecule has 17 heavy (non-hydrogen) atoms. The van der Waals surface area contributed by atoms with Crippen LogP contribution in [0, 0.1) is 0 Å². The summed E-state index contributed by atoms with van der Waals surface area (Å²) < 4.78 is 10.5. The zero-order valence-electron chi connectivity index (χ0n) is 9.89. The van der Waals surface area contributed by atoms with E-state index in [1.165, 1.54) is 7.11 Å². The lowest BCUT2D eigenvalue weighted by Gasteiger charge is -2.21. The van der Waals surface area contributed by atoms with Gasteiger partial charge in [0.25, 0.3) is 0 Å². The molecule has 2 heterocycles. The zero-order valence-corrected chi connectivity index (χ0v) is 10.6. The van der Waals surface area contributed by atoms with E-state index in [0.29, 0.717) is 5.95 Å². The van der Waals surface area contributed by atoms with Gasteiger partial charge in [-0.25, -0.2) is 0 Å². The molecule has 1 saturated heterocycles. The van der Waals surface area contributed by atoms with Crippen molar-refractivity contribution in [3.8, 4) is 6.01 Å². The van der Waals surface area contributed by atoms with E-state index in [0.717, 1.165) is 26.1 Å². The fourth-order valence-electron chi connectivity index (χ4n) is 1.73. The molecule has 0 radical (unpaired) electrons. The summed E-state index contributed by atoms with van der Waals surface area (Å²) in [6.07, 6.45) is 1.09. The number of hydrogen-bond donors (Lipinski definition) is 0. The average molecular weight is 259 g/mol. The van der Waals surface area contributed by atoms with E-state index in [2.05, 4.69) is 15.0 Å². The molecule has 0 spiro atoms. The molecule has 0 aliphatic carbocycles. The first-order chi connectivity index (χ1) is 8.19. The Hall–Kier alpha value is -1.14. The van der Waals surface area contributed by atoms with Crippen molar-refractivity contribution >= 4 is 17.5 Å². The van der Waals surface area contributed by atoms with E-state index in [1.54, 1.807) is 0 Å². The molecule has 6 nitrogen and oxygen atoms in total. The largest absolute Gasteiger partial charge is 0.467 e. The third-order valence-electron chi connectivity index (χ3n) is 2.49. The van der Waals surface area contributed by atoms with Gasteiger partial charge >= 0.3 is 6.01 Å². The van der Waals surface area contributed by atoms with Crippen molar-refractivity contribution < 1.29 is 9.47 Å². The number of rotatable bonds is 2. The lowest BCUT2D eigenvalue weighted by molar-refractivity contribution is 0.0820. The second kappa shape index (κ2) is 5.46. The number of ether oxygens (including phenoxy) is 2. The van der Waals surface area contributed by atoms with Gasteiger partial charge in [-0.3, -0.25) is 0 Å². The minimum atomic E-state index is 0.143. The Labute approximate surface area is 105 Å². The summed E-state index contributed by atoms with van der Waals surface area (Å²) in [6.45, 7) is 4.36. The monoisotopic (exact) mass is 258 g/mol. The number of aromatic nitrogens is 3. The van der Waals surface area contributed by atoms with Crippen LogP contribution < -0.4 is 9.64 Å². The van der Waals surface area contributed by atoms with Crippen molar-refractivity contribution in [3.05, 3.63) is 5.28 Å². The molecule has 94 valence electrons. The van der Waals surface area contributed by atoms with Gasteiger partial charge in [-0.2, -0.15) is 15.0 Å². The van der Waals surface area contributed by atoms with Crippen molar-refractivity contribution in [1.29, 1.82) is 0 Å².